The normalized spacial score (nSPS) is 29.8. The fourth-order valence-electron chi connectivity index (χ4n) is 4.20. The second-order valence-electron chi connectivity index (χ2n) is 9.50. The highest BCUT2D eigenvalue weighted by atomic mass is 16.4. The van der Waals surface area contributed by atoms with Crippen LogP contribution in [0.15, 0.2) is 0 Å². The number of carbonyl (C=O) groups is 6. The quantitative estimate of drug-likeness (QED) is 0.247. The van der Waals surface area contributed by atoms with Gasteiger partial charge in [-0.05, 0) is 39.0 Å². The first-order valence-corrected chi connectivity index (χ1v) is 11.7. The lowest BCUT2D eigenvalue weighted by atomic mass is 10.0. The molecule has 2 aliphatic rings. The van der Waals surface area contributed by atoms with Crippen LogP contribution in [0.5, 0.6) is 0 Å². The Labute approximate surface area is 203 Å². The number of nitrogens with zero attached hydrogens (tertiary/aromatic N) is 1. The van der Waals surface area contributed by atoms with E-state index >= 15 is 0 Å². The molecular weight excluding hydrogens is 462 g/mol. The Morgan fingerprint density at radius 3 is 2.11 bits per heavy atom. The molecule has 0 aromatic rings. The van der Waals surface area contributed by atoms with Crippen LogP contribution in [-0.2, 0) is 28.8 Å². The molecule has 5 amide bonds. The van der Waals surface area contributed by atoms with Gasteiger partial charge in [0.1, 0.15) is 30.2 Å². The third kappa shape index (κ3) is 7.38. The molecule has 0 aromatic heterocycles. The van der Waals surface area contributed by atoms with E-state index < -0.39 is 78.2 Å². The lowest BCUT2D eigenvalue weighted by Gasteiger charge is -2.29. The molecule has 0 spiro atoms. The summed E-state index contributed by atoms with van der Waals surface area (Å²) in [5.41, 5.74) is 0. The Kier molecular flexibility index (Phi) is 9.57. The Hall–Kier alpha value is -3.22. The van der Waals surface area contributed by atoms with Crippen molar-refractivity contribution < 1.29 is 39.0 Å². The Bertz CT molecular complexity index is 861. The summed E-state index contributed by atoms with van der Waals surface area (Å²) in [5.74, 6) is -5.14. The predicted octanol–water partition coefficient (Wildman–Crippen LogP) is -2.15. The van der Waals surface area contributed by atoms with Crippen LogP contribution in [0, 0.1) is 5.92 Å². The zero-order valence-corrected chi connectivity index (χ0v) is 20.4. The SMILES string of the molecule is CC(C)C[C@@H]1NC(=O)[C@H]2CCCN2C(=O)[C@@H](C)NC(=O)[C@H]([C@@H](C)O)NC(=O)[C@@H](CC(=O)O)NC1=O. The van der Waals surface area contributed by atoms with E-state index in [0.717, 1.165) is 0 Å². The van der Waals surface area contributed by atoms with E-state index in [-0.39, 0.29) is 18.9 Å². The first-order chi connectivity index (χ1) is 16.3. The number of hydrogen-bond acceptors (Lipinski definition) is 7. The number of nitrogens with one attached hydrogen (secondary N) is 4. The van der Waals surface area contributed by atoms with Crippen molar-refractivity contribution in [1.82, 2.24) is 26.2 Å². The van der Waals surface area contributed by atoms with Crippen LogP contribution in [0.4, 0.5) is 0 Å². The molecule has 0 aromatic carbocycles. The molecule has 2 saturated heterocycles. The zero-order chi connectivity index (χ0) is 26.4. The number of aliphatic hydroxyl groups is 1. The minimum atomic E-state index is -1.58. The van der Waals surface area contributed by atoms with Gasteiger partial charge in [0.2, 0.25) is 29.5 Å². The standard InChI is InChI=1S/C22H35N5O8/c1-10(2)8-13-18(31)24-14(9-16(29)30)19(32)26-17(12(4)28)21(34)23-11(3)22(35)27-7-5-6-15(27)20(33)25-13/h10-15,17,28H,5-9H2,1-4H3,(H,23,34)(H,24,31)(H,25,33)(H,26,32)(H,29,30)/t11-,12-,13+,14-,15-,17+/m1/s1. The van der Waals surface area contributed by atoms with Gasteiger partial charge >= 0.3 is 5.97 Å². The number of hydrogen-bond donors (Lipinski definition) is 6. The highest BCUT2D eigenvalue weighted by molar-refractivity contribution is 5.98. The van der Waals surface area contributed by atoms with Crippen molar-refractivity contribution in [3.05, 3.63) is 0 Å². The second kappa shape index (κ2) is 12.0. The highest BCUT2D eigenvalue weighted by Crippen LogP contribution is 2.20. The van der Waals surface area contributed by atoms with Crippen LogP contribution >= 0.6 is 0 Å². The van der Waals surface area contributed by atoms with Gasteiger partial charge < -0.3 is 36.4 Å². The minimum Gasteiger partial charge on any atom is -0.481 e. The van der Waals surface area contributed by atoms with Gasteiger partial charge in [0.25, 0.3) is 0 Å². The van der Waals surface area contributed by atoms with Gasteiger partial charge in [-0.3, -0.25) is 28.8 Å². The lowest BCUT2D eigenvalue weighted by Crippen LogP contribution is -2.60. The highest BCUT2D eigenvalue weighted by Gasteiger charge is 2.40. The van der Waals surface area contributed by atoms with Crippen LogP contribution in [0.3, 0.4) is 0 Å². The maximum Gasteiger partial charge on any atom is 0.305 e. The van der Waals surface area contributed by atoms with Crippen molar-refractivity contribution in [2.45, 2.75) is 89.7 Å². The van der Waals surface area contributed by atoms with Gasteiger partial charge in [-0.25, -0.2) is 0 Å². The van der Waals surface area contributed by atoms with E-state index in [1.807, 2.05) is 13.8 Å². The molecule has 0 saturated carbocycles. The number of fused-ring (bicyclic) bond motifs is 1. The van der Waals surface area contributed by atoms with E-state index in [4.69, 9.17) is 0 Å². The Balaban J connectivity index is 2.47. The number of amides is 5. The Morgan fingerprint density at radius 1 is 0.943 bits per heavy atom. The molecule has 2 rings (SSSR count). The smallest absolute Gasteiger partial charge is 0.305 e. The summed E-state index contributed by atoms with van der Waals surface area (Å²) in [6.45, 7) is 6.61. The molecule has 6 N–H and O–H groups in total. The molecule has 6 atom stereocenters. The van der Waals surface area contributed by atoms with Crippen molar-refractivity contribution >= 4 is 35.5 Å². The van der Waals surface area contributed by atoms with Crippen LogP contribution in [-0.4, -0.2) is 93.5 Å². The van der Waals surface area contributed by atoms with Crippen molar-refractivity contribution in [1.29, 1.82) is 0 Å². The van der Waals surface area contributed by atoms with Crippen molar-refractivity contribution in [2.24, 2.45) is 5.92 Å². The van der Waals surface area contributed by atoms with Crippen LogP contribution in [0.25, 0.3) is 0 Å². The van der Waals surface area contributed by atoms with E-state index in [9.17, 15) is 39.0 Å². The fourth-order valence-corrected chi connectivity index (χ4v) is 4.20. The van der Waals surface area contributed by atoms with Crippen molar-refractivity contribution in [2.75, 3.05) is 6.54 Å². The second-order valence-corrected chi connectivity index (χ2v) is 9.50. The maximum absolute atomic E-state index is 13.1. The van der Waals surface area contributed by atoms with Crippen molar-refractivity contribution in [3.63, 3.8) is 0 Å². The molecule has 0 aliphatic carbocycles. The van der Waals surface area contributed by atoms with E-state index in [2.05, 4.69) is 21.3 Å². The predicted molar refractivity (Wildman–Crippen MR) is 122 cm³/mol. The third-order valence-corrected chi connectivity index (χ3v) is 5.98. The summed E-state index contributed by atoms with van der Waals surface area (Å²) in [6, 6.07) is -6.10. The summed E-state index contributed by atoms with van der Waals surface area (Å²) in [5, 5.41) is 29.0. The molecule has 0 bridgehead atoms. The number of aliphatic carboxylic acids is 1. The number of aliphatic hydroxyl groups excluding tert-OH is 1. The molecule has 35 heavy (non-hydrogen) atoms. The number of carbonyl (C=O) groups excluding carboxylic acids is 5. The zero-order valence-electron chi connectivity index (χ0n) is 20.4. The first kappa shape index (κ1) is 28.0. The molecule has 13 nitrogen and oxygen atoms in total. The van der Waals surface area contributed by atoms with Crippen LogP contribution in [0.2, 0.25) is 0 Å². The third-order valence-electron chi connectivity index (χ3n) is 5.98. The molecule has 196 valence electrons. The monoisotopic (exact) mass is 497 g/mol. The van der Waals surface area contributed by atoms with E-state index in [1.165, 1.54) is 18.7 Å². The van der Waals surface area contributed by atoms with Crippen molar-refractivity contribution in [3.8, 4) is 0 Å². The summed E-state index contributed by atoms with van der Waals surface area (Å²) in [4.78, 5) is 77.5. The van der Waals surface area contributed by atoms with Gasteiger partial charge in [0.15, 0.2) is 0 Å². The van der Waals surface area contributed by atoms with Gasteiger partial charge in [0, 0.05) is 6.54 Å². The van der Waals surface area contributed by atoms with Gasteiger partial charge in [-0.15, -0.1) is 0 Å². The molecular formula is C22H35N5O8. The molecule has 13 heteroatoms. The summed E-state index contributed by atoms with van der Waals surface area (Å²) < 4.78 is 0. The molecule has 2 aliphatic heterocycles. The topological polar surface area (TPSA) is 194 Å². The molecule has 0 radical (unpaired) electrons. The summed E-state index contributed by atoms with van der Waals surface area (Å²) in [6.07, 6.45) is -1.06. The lowest BCUT2D eigenvalue weighted by molar-refractivity contribution is -0.142. The van der Waals surface area contributed by atoms with Gasteiger partial charge in [-0.1, -0.05) is 13.8 Å². The average Bonchev–Trinajstić information content (AvgIpc) is 3.24. The van der Waals surface area contributed by atoms with E-state index in [0.29, 0.717) is 12.8 Å². The Morgan fingerprint density at radius 2 is 1.54 bits per heavy atom. The van der Waals surface area contributed by atoms with Crippen LogP contribution < -0.4 is 21.3 Å². The van der Waals surface area contributed by atoms with E-state index in [1.54, 1.807) is 0 Å². The molecule has 2 heterocycles. The fraction of sp³-hybridized carbons (Fsp3) is 0.727. The first-order valence-electron chi connectivity index (χ1n) is 11.7. The summed E-state index contributed by atoms with van der Waals surface area (Å²) >= 11 is 0. The average molecular weight is 498 g/mol. The number of carboxylic acids is 1. The van der Waals surface area contributed by atoms with Crippen LogP contribution in [0.1, 0.15) is 53.4 Å². The molecule has 0 unspecified atom stereocenters. The number of rotatable bonds is 5. The number of carboxylic acid groups (broad SMARTS) is 1. The van der Waals surface area contributed by atoms with Gasteiger partial charge in [0.05, 0.1) is 12.5 Å². The van der Waals surface area contributed by atoms with Gasteiger partial charge in [-0.2, -0.15) is 0 Å². The minimum absolute atomic E-state index is 0.0392. The molecule has 2 fully saturated rings. The summed E-state index contributed by atoms with van der Waals surface area (Å²) in [7, 11) is 0. The maximum atomic E-state index is 13.1. The largest absolute Gasteiger partial charge is 0.481 e.